The number of nitrogens with zero attached hydrogens (tertiary/aromatic N) is 2. The van der Waals surface area contributed by atoms with Crippen LogP contribution in [0.2, 0.25) is 0 Å². The summed E-state index contributed by atoms with van der Waals surface area (Å²) in [6, 6.07) is 21.5. The van der Waals surface area contributed by atoms with Gasteiger partial charge in [-0.2, -0.15) is 0 Å². The fourth-order valence-electron chi connectivity index (χ4n) is 2.66. The number of thioether (sulfide) groups is 1. The number of hydrogen-bond acceptors (Lipinski definition) is 4. The van der Waals surface area contributed by atoms with Crippen LogP contribution in [0.15, 0.2) is 78.0 Å². The molecule has 0 aliphatic rings. The summed E-state index contributed by atoms with van der Waals surface area (Å²) in [5.74, 6) is 1.64. The number of rotatable bonds is 8. The van der Waals surface area contributed by atoms with Crippen LogP contribution in [0.4, 0.5) is 10.5 Å². The molecular formula is C23H25N3O2S. The number of ether oxygens (including phenoxy) is 1. The molecule has 0 bridgehead atoms. The molecule has 2 amide bonds. The van der Waals surface area contributed by atoms with Gasteiger partial charge in [0.25, 0.3) is 0 Å². The van der Waals surface area contributed by atoms with Gasteiger partial charge >= 0.3 is 6.03 Å². The fourth-order valence-corrected chi connectivity index (χ4v) is 3.46. The van der Waals surface area contributed by atoms with Crippen molar-refractivity contribution in [3.8, 4) is 5.75 Å². The monoisotopic (exact) mass is 407 g/mol. The number of amides is 2. The predicted octanol–water partition coefficient (Wildman–Crippen LogP) is 5.23. The lowest BCUT2D eigenvalue weighted by Gasteiger charge is -2.19. The maximum absolute atomic E-state index is 12.5. The Morgan fingerprint density at radius 3 is 2.72 bits per heavy atom. The van der Waals surface area contributed by atoms with Crippen LogP contribution >= 0.6 is 11.8 Å². The maximum Gasteiger partial charge on any atom is 0.321 e. The third-order valence-corrected chi connectivity index (χ3v) is 5.34. The van der Waals surface area contributed by atoms with Gasteiger partial charge in [-0.25, -0.2) is 9.78 Å². The van der Waals surface area contributed by atoms with E-state index in [4.69, 9.17) is 4.74 Å². The summed E-state index contributed by atoms with van der Waals surface area (Å²) in [7, 11) is 1.76. The molecule has 1 heterocycles. The fraction of sp³-hybridized carbons (Fsp3) is 0.217. The summed E-state index contributed by atoms with van der Waals surface area (Å²) in [4.78, 5) is 18.4. The van der Waals surface area contributed by atoms with Crippen LogP contribution in [0, 0.1) is 6.92 Å². The molecule has 0 saturated heterocycles. The molecule has 3 aromatic rings. The number of para-hydroxylation sites is 1. The molecule has 0 aliphatic carbocycles. The second-order valence-electron chi connectivity index (χ2n) is 6.62. The zero-order valence-corrected chi connectivity index (χ0v) is 17.5. The molecule has 3 rings (SSSR count). The Kier molecular flexibility index (Phi) is 7.53. The smallest absolute Gasteiger partial charge is 0.321 e. The number of hydrogen-bond donors (Lipinski definition) is 1. The number of nitrogens with one attached hydrogen (secondary N) is 1. The average Bonchev–Trinajstić information content (AvgIpc) is 2.74. The minimum absolute atomic E-state index is 0.159. The van der Waals surface area contributed by atoms with E-state index in [-0.39, 0.29) is 6.03 Å². The van der Waals surface area contributed by atoms with Crippen molar-refractivity contribution in [2.24, 2.45) is 0 Å². The lowest BCUT2D eigenvalue weighted by molar-refractivity contribution is 0.207. The van der Waals surface area contributed by atoms with E-state index in [1.54, 1.807) is 29.9 Å². The SMILES string of the molecule is Cc1ccccc1OCCN(C)C(=O)Nc1cccc(CSc2ccccn2)c1. The van der Waals surface area contributed by atoms with Crippen molar-refractivity contribution in [1.29, 1.82) is 0 Å². The molecule has 0 unspecified atom stereocenters. The number of anilines is 1. The highest BCUT2D eigenvalue weighted by molar-refractivity contribution is 7.98. The summed E-state index contributed by atoms with van der Waals surface area (Å²) in [5, 5.41) is 3.93. The lowest BCUT2D eigenvalue weighted by Crippen LogP contribution is -2.34. The third kappa shape index (κ3) is 6.54. The number of carbonyl (C=O) groups excluding carboxylic acids is 1. The van der Waals surface area contributed by atoms with Crippen LogP contribution in [0.3, 0.4) is 0 Å². The number of pyridine rings is 1. The molecular weight excluding hydrogens is 382 g/mol. The van der Waals surface area contributed by atoms with E-state index in [2.05, 4.69) is 10.3 Å². The zero-order chi connectivity index (χ0) is 20.5. The number of aryl methyl sites for hydroxylation is 1. The topological polar surface area (TPSA) is 54.5 Å². The van der Waals surface area contributed by atoms with E-state index >= 15 is 0 Å². The maximum atomic E-state index is 12.5. The summed E-state index contributed by atoms with van der Waals surface area (Å²) in [6.07, 6.45) is 1.79. The minimum atomic E-state index is -0.159. The molecule has 0 radical (unpaired) electrons. The number of carbonyl (C=O) groups is 1. The quantitative estimate of drug-likeness (QED) is 0.520. The van der Waals surface area contributed by atoms with Gasteiger partial charge in [0.1, 0.15) is 12.4 Å². The number of urea groups is 1. The first kappa shape index (κ1) is 20.7. The van der Waals surface area contributed by atoms with E-state index in [1.165, 1.54) is 0 Å². The number of benzene rings is 2. The highest BCUT2D eigenvalue weighted by atomic mass is 32.2. The zero-order valence-electron chi connectivity index (χ0n) is 16.7. The van der Waals surface area contributed by atoms with Crippen molar-refractivity contribution in [2.75, 3.05) is 25.5 Å². The first-order valence-electron chi connectivity index (χ1n) is 9.45. The van der Waals surface area contributed by atoms with Crippen molar-refractivity contribution < 1.29 is 9.53 Å². The third-order valence-electron chi connectivity index (χ3n) is 4.33. The van der Waals surface area contributed by atoms with Crippen molar-refractivity contribution in [3.63, 3.8) is 0 Å². The van der Waals surface area contributed by atoms with Crippen molar-refractivity contribution >= 4 is 23.5 Å². The lowest BCUT2D eigenvalue weighted by atomic mass is 10.2. The van der Waals surface area contributed by atoms with Crippen LogP contribution in [0.25, 0.3) is 0 Å². The van der Waals surface area contributed by atoms with Crippen LogP contribution in [0.1, 0.15) is 11.1 Å². The van der Waals surface area contributed by atoms with Crippen LogP contribution < -0.4 is 10.1 Å². The van der Waals surface area contributed by atoms with Crippen molar-refractivity contribution in [1.82, 2.24) is 9.88 Å². The van der Waals surface area contributed by atoms with Crippen molar-refractivity contribution in [2.45, 2.75) is 17.7 Å². The van der Waals surface area contributed by atoms with Gasteiger partial charge in [0.05, 0.1) is 11.6 Å². The van der Waals surface area contributed by atoms with Crippen LogP contribution in [-0.2, 0) is 5.75 Å². The highest BCUT2D eigenvalue weighted by Gasteiger charge is 2.10. The van der Waals surface area contributed by atoms with Gasteiger partial charge in [-0.3, -0.25) is 0 Å². The van der Waals surface area contributed by atoms with Crippen molar-refractivity contribution in [3.05, 3.63) is 84.1 Å². The Balaban J connectivity index is 1.47. The normalized spacial score (nSPS) is 10.4. The van der Waals surface area contributed by atoms with Gasteiger partial charge < -0.3 is 15.0 Å². The average molecular weight is 408 g/mol. The summed E-state index contributed by atoms with van der Waals surface area (Å²) in [5.41, 5.74) is 2.99. The standard InChI is InChI=1S/C23H25N3O2S/c1-18-8-3-4-11-21(18)28-15-14-26(2)23(27)25-20-10-7-9-19(16-20)17-29-22-12-5-6-13-24-22/h3-13,16H,14-15,17H2,1-2H3,(H,25,27). The van der Waals surface area contributed by atoms with Crippen LogP contribution in [0.5, 0.6) is 5.75 Å². The molecule has 150 valence electrons. The molecule has 1 N–H and O–H groups in total. The Labute approximate surface area is 176 Å². The predicted molar refractivity (Wildman–Crippen MR) is 119 cm³/mol. The minimum Gasteiger partial charge on any atom is -0.491 e. The molecule has 0 fully saturated rings. The van der Waals surface area contributed by atoms with Gasteiger partial charge in [0, 0.05) is 24.7 Å². The van der Waals surface area contributed by atoms with Gasteiger partial charge in [0.15, 0.2) is 0 Å². The van der Waals surface area contributed by atoms with Gasteiger partial charge in [-0.05, 0) is 48.4 Å². The number of aromatic nitrogens is 1. The largest absolute Gasteiger partial charge is 0.491 e. The first-order valence-corrected chi connectivity index (χ1v) is 10.4. The first-order chi connectivity index (χ1) is 14.1. The number of likely N-dealkylation sites (N-methyl/N-ethyl adjacent to an activating group) is 1. The molecule has 0 aliphatic heterocycles. The highest BCUT2D eigenvalue weighted by Crippen LogP contribution is 2.22. The van der Waals surface area contributed by atoms with E-state index in [1.807, 2.05) is 73.7 Å². The van der Waals surface area contributed by atoms with E-state index in [0.717, 1.165) is 33.3 Å². The Hall–Kier alpha value is -2.99. The second kappa shape index (κ2) is 10.5. The summed E-state index contributed by atoms with van der Waals surface area (Å²) in [6.45, 7) is 2.94. The summed E-state index contributed by atoms with van der Waals surface area (Å²) >= 11 is 1.67. The second-order valence-corrected chi connectivity index (χ2v) is 7.62. The molecule has 5 nitrogen and oxygen atoms in total. The van der Waals surface area contributed by atoms with E-state index < -0.39 is 0 Å². The molecule has 0 atom stereocenters. The Bertz CT molecular complexity index is 934. The molecule has 0 saturated carbocycles. The summed E-state index contributed by atoms with van der Waals surface area (Å²) < 4.78 is 5.77. The Morgan fingerprint density at radius 2 is 1.93 bits per heavy atom. The van der Waals surface area contributed by atoms with Gasteiger partial charge in [-0.15, -0.1) is 11.8 Å². The van der Waals surface area contributed by atoms with Gasteiger partial charge in [-0.1, -0.05) is 36.4 Å². The van der Waals surface area contributed by atoms with Gasteiger partial charge in [0.2, 0.25) is 0 Å². The molecule has 6 heteroatoms. The van der Waals surface area contributed by atoms with E-state index in [0.29, 0.717) is 13.2 Å². The van der Waals surface area contributed by atoms with E-state index in [9.17, 15) is 4.79 Å². The Morgan fingerprint density at radius 1 is 1.10 bits per heavy atom. The molecule has 1 aromatic heterocycles. The van der Waals surface area contributed by atoms with Crippen LogP contribution in [-0.4, -0.2) is 36.1 Å². The molecule has 0 spiro atoms. The molecule has 2 aromatic carbocycles. The molecule has 29 heavy (non-hydrogen) atoms.